The maximum atomic E-state index is 13.8. The second kappa shape index (κ2) is 6.22. The van der Waals surface area contributed by atoms with Crippen molar-refractivity contribution in [1.82, 2.24) is 14.7 Å². The summed E-state index contributed by atoms with van der Waals surface area (Å²) in [6, 6.07) is 4.30. The molecule has 2 heterocycles. The Morgan fingerprint density at radius 3 is 2.64 bits per heavy atom. The number of benzene rings is 1. The zero-order valence-electron chi connectivity index (χ0n) is 12.8. The van der Waals surface area contributed by atoms with Crippen molar-refractivity contribution >= 4 is 5.91 Å². The summed E-state index contributed by atoms with van der Waals surface area (Å²) in [5, 5.41) is 9.76. The van der Waals surface area contributed by atoms with E-state index in [0.717, 1.165) is 32.6 Å². The number of hydrogen-bond donors (Lipinski definition) is 1. The lowest BCUT2D eigenvalue weighted by Crippen LogP contribution is -2.50. The summed E-state index contributed by atoms with van der Waals surface area (Å²) >= 11 is 0. The largest absolute Gasteiger partial charge is 0.507 e. The lowest BCUT2D eigenvalue weighted by Gasteiger charge is -2.36. The fraction of sp³-hybridized carbons (Fsp3) is 0.562. The Bertz CT molecular complexity index is 538. The topological polar surface area (TPSA) is 47.0 Å². The van der Waals surface area contributed by atoms with Gasteiger partial charge in [0, 0.05) is 45.3 Å². The third kappa shape index (κ3) is 2.94. The molecule has 1 aromatic carbocycles. The van der Waals surface area contributed by atoms with Gasteiger partial charge in [-0.25, -0.2) is 4.39 Å². The molecule has 1 unspecified atom stereocenters. The molecular weight excluding hydrogens is 285 g/mol. The first-order valence-corrected chi connectivity index (χ1v) is 7.75. The minimum atomic E-state index is -0.659. The Balaban J connectivity index is 1.66. The number of aromatic hydroxyl groups is 1. The molecule has 1 atom stereocenters. The number of phenols is 1. The van der Waals surface area contributed by atoms with Crippen molar-refractivity contribution in [3.8, 4) is 5.75 Å². The van der Waals surface area contributed by atoms with Gasteiger partial charge in [0.1, 0.15) is 17.1 Å². The first-order valence-electron chi connectivity index (χ1n) is 7.75. The Kier molecular flexibility index (Phi) is 4.31. The fourth-order valence-electron chi connectivity index (χ4n) is 3.29. The second-order valence-corrected chi connectivity index (χ2v) is 6.17. The molecule has 22 heavy (non-hydrogen) atoms. The number of piperazine rings is 1. The van der Waals surface area contributed by atoms with Crippen LogP contribution in [0.1, 0.15) is 16.8 Å². The number of hydrogen-bond acceptors (Lipinski definition) is 4. The van der Waals surface area contributed by atoms with E-state index >= 15 is 0 Å². The van der Waals surface area contributed by atoms with Gasteiger partial charge < -0.3 is 14.9 Å². The van der Waals surface area contributed by atoms with E-state index in [1.165, 1.54) is 18.2 Å². The van der Waals surface area contributed by atoms with Crippen LogP contribution in [0, 0.1) is 5.82 Å². The number of phenolic OH excluding ortho intramolecular Hbond substituents is 1. The minimum absolute atomic E-state index is 0.207. The summed E-state index contributed by atoms with van der Waals surface area (Å²) in [7, 11) is 2.11. The third-order valence-electron chi connectivity index (χ3n) is 4.71. The predicted octanol–water partition coefficient (Wildman–Crippen LogP) is 0.993. The molecule has 0 saturated carbocycles. The van der Waals surface area contributed by atoms with Gasteiger partial charge in [0.2, 0.25) is 0 Å². The van der Waals surface area contributed by atoms with E-state index in [-0.39, 0.29) is 11.3 Å². The van der Waals surface area contributed by atoms with Gasteiger partial charge in [0.25, 0.3) is 5.91 Å². The lowest BCUT2D eigenvalue weighted by molar-refractivity contribution is 0.0748. The normalized spacial score (nSPS) is 23.9. The molecule has 2 saturated heterocycles. The first-order chi connectivity index (χ1) is 10.6. The van der Waals surface area contributed by atoms with Gasteiger partial charge in [-0.15, -0.1) is 0 Å². The molecule has 1 amide bonds. The van der Waals surface area contributed by atoms with Gasteiger partial charge in [0.15, 0.2) is 0 Å². The van der Waals surface area contributed by atoms with Crippen LogP contribution in [-0.2, 0) is 0 Å². The van der Waals surface area contributed by atoms with Crippen LogP contribution in [0.4, 0.5) is 4.39 Å². The summed E-state index contributed by atoms with van der Waals surface area (Å²) in [5.74, 6) is -1.35. The van der Waals surface area contributed by atoms with Gasteiger partial charge in [-0.05, 0) is 25.6 Å². The highest BCUT2D eigenvalue weighted by atomic mass is 19.1. The zero-order chi connectivity index (χ0) is 15.7. The van der Waals surface area contributed by atoms with E-state index in [0.29, 0.717) is 19.1 Å². The average molecular weight is 307 g/mol. The number of nitrogens with zero attached hydrogens (tertiary/aromatic N) is 3. The van der Waals surface area contributed by atoms with Crippen molar-refractivity contribution in [1.29, 1.82) is 0 Å². The number of rotatable bonds is 2. The molecule has 0 radical (unpaired) electrons. The summed E-state index contributed by atoms with van der Waals surface area (Å²) in [5.41, 5.74) is -0.207. The van der Waals surface area contributed by atoms with E-state index < -0.39 is 11.7 Å². The summed E-state index contributed by atoms with van der Waals surface area (Å²) in [4.78, 5) is 18.8. The van der Waals surface area contributed by atoms with E-state index in [9.17, 15) is 14.3 Å². The van der Waals surface area contributed by atoms with Gasteiger partial charge >= 0.3 is 0 Å². The van der Waals surface area contributed by atoms with Crippen molar-refractivity contribution in [3.63, 3.8) is 0 Å². The van der Waals surface area contributed by atoms with E-state index in [1.54, 1.807) is 4.90 Å². The molecule has 120 valence electrons. The van der Waals surface area contributed by atoms with Crippen molar-refractivity contribution in [3.05, 3.63) is 29.6 Å². The van der Waals surface area contributed by atoms with Crippen molar-refractivity contribution < 1.29 is 14.3 Å². The van der Waals surface area contributed by atoms with Gasteiger partial charge in [-0.2, -0.15) is 0 Å². The Morgan fingerprint density at radius 2 is 1.95 bits per heavy atom. The van der Waals surface area contributed by atoms with Gasteiger partial charge in [0.05, 0.1) is 0 Å². The van der Waals surface area contributed by atoms with Crippen LogP contribution in [0.5, 0.6) is 5.75 Å². The molecule has 2 fully saturated rings. The van der Waals surface area contributed by atoms with E-state index in [4.69, 9.17) is 0 Å². The Morgan fingerprint density at radius 1 is 1.23 bits per heavy atom. The molecule has 2 aliphatic heterocycles. The molecule has 2 aliphatic rings. The van der Waals surface area contributed by atoms with Crippen LogP contribution in [0.15, 0.2) is 18.2 Å². The van der Waals surface area contributed by atoms with Gasteiger partial charge in [-0.3, -0.25) is 9.69 Å². The van der Waals surface area contributed by atoms with Crippen LogP contribution in [-0.4, -0.2) is 78.1 Å². The van der Waals surface area contributed by atoms with Crippen LogP contribution < -0.4 is 0 Å². The highest BCUT2D eigenvalue weighted by Gasteiger charge is 2.33. The van der Waals surface area contributed by atoms with Crippen molar-refractivity contribution in [2.75, 3.05) is 46.3 Å². The molecule has 1 aromatic rings. The molecule has 0 bridgehead atoms. The third-order valence-corrected chi connectivity index (χ3v) is 4.71. The van der Waals surface area contributed by atoms with Crippen LogP contribution >= 0.6 is 0 Å². The summed E-state index contributed by atoms with van der Waals surface area (Å²) in [6.07, 6.45) is 0.907. The standard InChI is InChI=1S/C16H22FN3O2/c1-18-7-9-19(10-8-18)12-5-6-20(11-12)16(22)15-13(17)3-2-4-14(15)21/h2-4,12,21H,5-11H2,1H3. The van der Waals surface area contributed by atoms with Gasteiger partial charge in [-0.1, -0.05) is 6.07 Å². The van der Waals surface area contributed by atoms with Crippen LogP contribution in [0.3, 0.4) is 0 Å². The van der Waals surface area contributed by atoms with E-state index in [1.807, 2.05) is 0 Å². The molecule has 5 nitrogen and oxygen atoms in total. The average Bonchev–Trinajstić information content (AvgIpc) is 2.97. The SMILES string of the molecule is CN1CCN(C2CCN(C(=O)c3c(O)cccc3F)C2)CC1. The number of halogens is 1. The Hall–Kier alpha value is -1.66. The maximum Gasteiger partial charge on any atom is 0.260 e. The lowest BCUT2D eigenvalue weighted by atomic mass is 10.1. The Labute approximate surface area is 129 Å². The second-order valence-electron chi connectivity index (χ2n) is 6.17. The predicted molar refractivity (Wildman–Crippen MR) is 81.4 cm³/mol. The van der Waals surface area contributed by atoms with Crippen LogP contribution in [0.2, 0.25) is 0 Å². The van der Waals surface area contributed by atoms with Crippen molar-refractivity contribution in [2.45, 2.75) is 12.5 Å². The number of amides is 1. The number of likely N-dealkylation sites (N-methyl/N-ethyl adjacent to an activating group) is 1. The zero-order valence-corrected chi connectivity index (χ0v) is 12.8. The number of carbonyl (C=O) groups is 1. The first kappa shape index (κ1) is 15.2. The minimum Gasteiger partial charge on any atom is -0.507 e. The summed E-state index contributed by atoms with van der Waals surface area (Å²) in [6.45, 7) is 5.32. The summed E-state index contributed by atoms with van der Waals surface area (Å²) < 4.78 is 13.8. The maximum absolute atomic E-state index is 13.8. The monoisotopic (exact) mass is 307 g/mol. The van der Waals surface area contributed by atoms with E-state index in [2.05, 4.69) is 16.8 Å². The molecule has 0 aromatic heterocycles. The highest BCUT2D eigenvalue weighted by Crippen LogP contribution is 2.25. The quantitative estimate of drug-likeness (QED) is 0.885. The molecule has 3 rings (SSSR count). The number of carbonyl (C=O) groups excluding carboxylic acids is 1. The molecule has 0 aliphatic carbocycles. The highest BCUT2D eigenvalue weighted by molar-refractivity contribution is 5.97. The van der Waals surface area contributed by atoms with Crippen LogP contribution in [0.25, 0.3) is 0 Å². The molecule has 1 N–H and O–H groups in total. The molecule has 0 spiro atoms. The molecular formula is C16H22FN3O2. The smallest absolute Gasteiger partial charge is 0.260 e. The number of likely N-dealkylation sites (tertiary alicyclic amines) is 1. The molecule has 6 heteroatoms. The fourth-order valence-corrected chi connectivity index (χ4v) is 3.29. The van der Waals surface area contributed by atoms with Crippen molar-refractivity contribution in [2.24, 2.45) is 0 Å².